The Hall–Kier alpha value is -1.09. The van der Waals surface area contributed by atoms with E-state index in [1.54, 1.807) is 0 Å². The molecule has 2 unspecified atom stereocenters. The van der Waals surface area contributed by atoms with Gasteiger partial charge in [-0.25, -0.2) is 4.98 Å². The number of nitrogens with zero attached hydrogens (tertiary/aromatic N) is 2. The van der Waals surface area contributed by atoms with Crippen molar-refractivity contribution in [2.45, 2.75) is 34.1 Å². The lowest BCUT2D eigenvalue weighted by molar-refractivity contribution is 0.328. The number of rotatable bonds is 3. The Morgan fingerprint density at radius 1 is 1.32 bits per heavy atom. The summed E-state index contributed by atoms with van der Waals surface area (Å²) in [4.78, 5) is 6.96. The van der Waals surface area contributed by atoms with Crippen molar-refractivity contribution in [2.75, 3.05) is 31.6 Å². The van der Waals surface area contributed by atoms with E-state index in [2.05, 4.69) is 41.2 Å². The Kier molecular flexibility index (Phi) is 6.85. The Balaban J connectivity index is 0.000000861. The van der Waals surface area contributed by atoms with Crippen LogP contribution in [0, 0.1) is 18.8 Å². The van der Waals surface area contributed by atoms with Crippen LogP contribution in [0.1, 0.15) is 32.8 Å². The minimum Gasteiger partial charge on any atom is -0.356 e. The van der Waals surface area contributed by atoms with Crippen molar-refractivity contribution in [3.8, 4) is 0 Å². The number of hydrogen-bond acceptors (Lipinski definition) is 3. The molecule has 108 valence electrons. The van der Waals surface area contributed by atoms with E-state index in [1.165, 1.54) is 12.0 Å². The Morgan fingerprint density at radius 2 is 2.05 bits per heavy atom. The molecule has 3 heteroatoms. The Morgan fingerprint density at radius 3 is 2.63 bits per heavy atom. The third kappa shape index (κ3) is 4.83. The van der Waals surface area contributed by atoms with Gasteiger partial charge in [-0.2, -0.15) is 0 Å². The van der Waals surface area contributed by atoms with E-state index < -0.39 is 0 Å². The molecule has 0 aliphatic carbocycles. The topological polar surface area (TPSA) is 28.2 Å². The van der Waals surface area contributed by atoms with Gasteiger partial charge in [0.2, 0.25) is 0 Å². The summed E-state index contributed by atoms with van der Waals surface area (Å²) >= 11 is 0. The third-order valence-corrected chi connectivity index (χ3v) is 3.46. The first-order valence-corrected chi connectivity index (χ1v) is 7.51. The van der Waals surface area contributed by atoms with Gasteiger partial charge in [-0.15, -0.1) is 0 Å². The largest absolute Gasteiger partial charge is 0.356 e. The summed E-state index contributed by atoms with van der Waals surface area (Å²) in [5.41, 5.74) is 1.23. The molecular formula is C16H29N3. The molecule has 1 aromatic heterocycles. The van der Waals surface area contributed by atoms with Gasteiger partial charge in [0.05, 0.1) is 0 Å². The monoisotopic (exact) mass is 263 g/mol. The molecule has 2 heterocycles. The van der Waals surface area contributed by atoms with Crippen molar-refractivity contribution in [2.24, 2.45) is 11.8 Å². The lowest BCUT2D eigenvalue weighted by Gasteiger charge is -2.37. The lowest BCUT2D eigenvalue weighted by atomic mass is 9.90. The predicted molar refractivity (Wildman–Crippen MR) is 83.7 cm³/mol. The minimum absolute atomic E-state index is 0.742. The summed E-state index contributed by atoms with van der Waals surface area (Å²) in [6.07, 6.45) is 3.28. The summed E-state index contributed by atoms with van der Waals surface area (Å²) in [6.45, 7) is 11.8. The molecule has 0 spiro atoms. The first kappa shape index (κ1) is 16.0. The van der Waals surface area contributed by atoms with E-state index in [9.17, 15) is 0 Å². The van der Waals surface area contributed by atoms with E-state index in [1.807, 2.05) is 27.1 Å². The van der Waals surface area contributed by atoms with Crippen LogP contribution >= 0.6 is 0 Å². The molecule has 1 aromatic rings. The van der Waals surface area contributed by atoms with Crippen molar-refractivity contribution in [3.05, 3.63) is 23.9 Å². The molecule has 0 saturated carbocycles. The molecule has 0 aromatic carbocycles. The molecule has 0 bridgehead atoms. The van der Waals surface area contributed by atoms with Crippen LogP contribution in [0.25, 0.3) is 0 Å². The molecule has 2 atom stereocenters. The van der Waals surface area contributed by atoms with Crippen molar-refractivity contribution in [1.29, 1.82) is 0 Å². The highest BCUT2D eigenvalue weighted by atomic mass is 15.2. The highest BCUT2D eigenvalue weighted by Crippen LogP contribution is 2.24. The molecule has 3 nitrogen and oxygen atoms in total. The summed E-state index contributed by atoms with van der Waals surface area (Å²) in [6, 6.07) is 4.29. The predicted octanol–water partition coefficient (Wildman–Crippen LogP) is 3.10. The Labute approximate surface area is 118 Å². The second kappa shape index (κ2) is 8.16. The highest BCUT2D eigenvalue weighted by molar-refractivity contribution is 5.39. The van der Waals surface area contributed by atoms with E-state index >= 15 is 0 Å². The van der Waals surface area contributed by atoms with Gasteiger partial charge < -0.3 is 10.2 Å². The van der Waals surface area contributed by atoms with Crippen LogP contribution in [0.5, 0.6) is 0 Å². The van der Waals surface area contributed by atoms with Crippen LogP contribution in [-0.4, -0.2) is 31.7 Å². The standard InChI is InChI=1S/C14H23N3.C2H6/c1-11-4-5-14(16-7-11)17-9-12(2)6-13(10-17)8-15-3;1-2/h4-5,7,12-13,15H,6,8-10H2,1-3H3;1-2H3. The van der Waals surface area contributed by atoms with Gasteiger partial charge in [0.25, 0.3) is 0 Å². The zero-order valence-corrected chi connectivity index (χ0v) is 13.1. The lowest BCUT2D eigenvalue weighted by Crippen LogP contribution is -2.43. The maximum atomic E-state index is 4.54. The van der Waals surface area contributed by atoms with E-state index in [4.69, 9.17) is 0 Å². The summed E-state index contributed by atoms with van der Waals surface area (Å²) < 4.78 is 0. The zero-order chi connectivity index (χ0) is 14.3. The third-order valence-electron chi connectivity index (χ3n) is 3.46. The Bertz CT molecular complexity index is 348. The zero-order valence-electron chi connectivity index (χ0n) is 13.1. The minimum atomic E-state index is 0.742. The number of nitrogens with one attached hydrogen (secondary N) is 1. The van der Waals surface area contributed by atoms with Crippen molar-refractivity contribution in [1.82, 2.24) is 10.3 Å². The molecule has 1 N–H and O–H groups in total. The second-order valence-corrected chi connectivity index (χ2v) is 5.36. The average Bonchev–Trinajstić information content (AvgIpc) is 2.41. The summed E-state index contributed by atoms with van der Waals surface area (Å²) in [7, 11) is 2.04. The van der Waals surface area contributed by atoms with E-state index in [-0.39, 0.29) is 0 Å². The molecule has 1 fully saturated rings. The van der Waals surface area contributed by atoms with Crippen molar-refractivity contribution >= 4 is 5.82 Å². The molecule has 1 aliphatic heterocycles. The highest BCUT2D eigenvalue weighted by Gasteiger charge is 2.24. The smallest absolute Gasteiger partial charge is 0.128 e. The molecule has 1 saturated heterocycles. The molecule has 19 heavy (non-hydrogen) atoms. The number of piperidine rings is 1. The number of aromatic nitrogens is 1. The number of hydrogen-bond donors (Lipinski definition) is 1. The van der Waals surface area contributed by atoms with Gasteiger partial charge in [-0.1, -0.05) is 26.8 Å². The van der Waals surface area contributed by atoms with Gasteiger partial charge in [-0.3, -0.25) is 0 Å². The fraction of sp³-hybridized carbons (Fsp3) is 0.688. The first-order chi connectivity index (χ1) is 9.19. The van der Waals surface area contributed by atoms with E-state index in [0.29, 0.717) is 0 Å². The molecule has 0 amide bonds. The maximum absolute atomic E-state index is 4.54. The maximum Gasteiger partial charge on any atom is 0.128 e. The molecule has 1 aliphatic rings. The number of anilines is 1. The fourth-order valence-electron chi connectivity index (χ4n) is 2.75. The average molecular weight is 263 g/mol. The van der Waals surface area contributed by atoms with Crippen LogP contribution < -0.4 is 10.2 Å². The number of pyridine rings is 1. The van der Waals surface area contributed by atoms with Crippen molar-refractivity contribution in [3.63, 3.8) is 0 Å². The van der Waals surface area contributed by atoms with Crippen molar-refractivity contribution < 1.29 is 0 Å². The first-order valence-electron chi connectivity index (χ1n) is 7.51. The van der Waals surface area contributed by atoms with Gasteiger partial charge >= 0.3 is 0 Å². The summed E-state index contributed by atoms with van der Waals surface area (Å²) in [5.74, 6) is 2.63. The van der Waals surface area contributed by atoms with Crippen LogP contribution in [0.3, 0.4) is 0 Å². The molecular weight excluding hydrogens is 234 g/mol. The summed E-state index contributed by atoms with van der Waals surface area (Å²) in [5, 5.41) is 3.29. The van der Waals surface area contributed by atoms with Gasteiger partial charge in [0.15, 0.2) is 0 Å². The van der Waals surface area contributed by atoms with Crippen LogP contribution in [0.4, 0.5) is 5.82 Å². The van der Waals surface area contributed by atoms with Gasteiger partial charge in [0.1, 0.15) is 5.82 Å². The quantitative estimate of drug-likeness (QED) is 0.908. The van der Waals surface area contributed by atoms with Crippen LogP contribution in [0.2, 0.25) is 0 Å². The van der Waals surface area contributed by atoms with E-state index in [0.717, 1.165) is 37.3 Å². The normalized spacial score (nSPS) is 22.7. The number of aryl methyl sites for hydroxylation is 1. The van der Waals surface area contributed by atoms with Crippen LogP contribution in [0.15, 0.2) is 18.3 Å². The fourth-order valence-corrected chi connectivity index (χ4v) is 2.75. The molecule has 0 radical (unpaired) electrons. The van der Waals surface area contributed by atoms with Crippen LogP contribution in [-0.2, 0) is 0 Å². The SMILES string of the molecule is CC.CNCC1CC(C)CN(c2ccc(C)cn2)C1. The van der Waals surface area contributed by atoms with Gasteiger partial charge in [0, 0.05) is 19.3 Å². The second-order valence-electron chi connectivity index (χ2n) is 5.36. The molecule has 2 rings (SSSR count). The van der Waals surface area contributed by atoms with Gasteiger partial charge in [-0.05, 0) is 50.4 Å².